The lowest BCUT2D eigenvalue weighted by molar-refractivity contribution is 0.0691. The molecule has 1 aromatic heterocycles. The lowest BCUT2D eigenvalue weighted by Gasteiger charge is -2.08. The summed E-state index contributed by atoms with van der Waals surface area (Å²) in [6.45, 7) is 5.18. The van der Waals surface area contributed by atoms with Crippen LogP contribution >= 0.6 is 0 Å². The van der Waals surface area contributed by atoms with Crippen molar-refractivity contribution in [3.8, 4) is 0 Å². The summed E-state index contributed by atoms with van der Waals surface area (Å²) in [5, 5.41) is 5.91. The zero-order chi connectivity index (χ0) is 14.6. The van der Waals surface area contributed by atoms with Gasteiger partial charge in [0.05, 0.1) is 19.4 Å². The van der Waals surface area contributed by atoms with E-state index in [0.29, 0.717) is 38.9 Å². The molecule has 1 rings (SSSR count). The van der Waals surface area contributed by atoms with E-state index >= 15 is 0 Å². The van der Waals surface area contributed by atoms with Crippen molar-refractivity contribution < 1.29 is 13.9 Å². The van der Waals surface area contributed by atoms with Crippen LogP contribution in [0.25, 0.3) is 0 Å². The largest absolute Gasteiger partial charge is 0.382 e. The summed E-state index contributed by atoms with van der Waals surface area (Å²) in [5.41, 5.74) is 0. The molecule has 0 radical (unpaired) electrons. The molecule has 0 aliphatic heterocycles. The van der Waals surface area contributed by atoms with Crippen LogP contribution in [-0.4, -0.2) is 50.0 Å². The molecule has 0 saturated heterocycles. The van der Waals surface area contributed by atoms with Crippen LogP contribution in [0.2, 0.25) is 0 Å². The summed E-state index contributed by atoms with van der Waals surface area (Å²) in [5.74, 6) is 0.221. The highest BCUT2D eigenvalue weighted by molar-refractivity contribution is 5.40. The fraction of sp³-hybridized carbons (Fsp3) is 0.692. The van der Waals surface area contributed by atoms with Gasteiger partial charge in [-0.1, -0.05) is 0 Å². The number of nitrogens with one attached hydrogen (secondary N) is 2. The molecule has 6 nitrogen and oxygen atoms in total. The maximum absolute atomic E-state index is 13.5. The molecule has 0 unspecified atom stereocenters. The van der Waals surface area contributed by atoms with Gasteiger partial charge in [0.25, 0.3) is 0 Å². The second-order valence-corrected chi connectivity index (χ2v) is 4.16. The fourth-order valence-corrected chi connectivity index (χ4v) is 1.51. The molecule has 0 aromatic carbocycles. The molecule has 20 heavy (non-hydrogen) atoms. The Morgan fingerprint density at radius 3 is 2.80 bits per heavy atom. The van der Waals surface area contributed by atoms with Gasteiger partial charge in [0.1, 0.15) is 0 Å². The summed E-state index contributed by atoms with van der Waals surface area (Å²) in [6, 6.07) is 0. The normalized spacial score (nSPS) is 10.6. The molecule has 1 aromatic rings. The number of rotatable bonds is 11. The van der Waals surface area contributed by atoms with E-state index in [4.69, 9.17) is 9.47 Å². The molecule has 0 bridgehead atoms. The number of unbranched alkanes of at least 4 members (excludes halogenated alkanes) is 1. The number of halogens is 1. The average molecular weight is 286 g/mol. The number of hydrogen-bond donors (Lipinski definition) is 2. The van der Waals surface area contributed by atoms with Crippen molar-refractivity contribution in [3.63, 3.8) is 0 Å². The first-order valence-corrected chi connectivity index (χ1v) is 6.85. The first-order valence-electron chi connectivity index (χ1n) is 6.85. The Kier molecular flexibility index (Phi) is 8.57. The van der Waals surface area contributed by atoms with Gasteiger partial charge in [-0.15, -0.1) is 0 Å². The molecule has 2 N–H and O–H groups in total. The molecule has 1 heterocycles. The van der Waals surface area contributed by atoms with Crippen LogP contribution in [0.5, 0.6) is 0 Å². The topological polar surface area (TPSA) is 68.3 Å². The molecule has 0 amide bonds. The van der Waals surface area contributed by atoms with Crippen molar-refractivity contribution in [2.24, 2.45) is 0 Å². The molecular formula is C13H23FN4O2. The number of methoxy groups -OCH3 is 1. The lowest BCUT2D eigenvalue weighted by Crippen LogP contribution is -2.10. The summed E-state index contributed by atoms with van der Waals surface area (Å²) >= 11 is 0. The van der Waals surface area contributed by atoms with Crippen molar-refractivity contribution in [1.82, 2.24) is 9.97 Å². The highest BCUT2D eigenvalue weighted by atomic mass is 19.1. The van der Waals surface area contributed by atoms with Crippen molar-refractivity contribution >= 4 is 11.8 Å². The van der Waals surface area contributed by atoms with Crippen molar-refractivity contribution in [2.75, 3.05) is 50.7 Å². The third-order valence-electron chi connectivity index (χ3n) is 2.52. The van der Waals surface area contributed by atoms with Crippen LogP contribution in [0, 0.1) is 5.82 Å². The van der Waals surface area contributed by atoms with Gasteiger partial charge in [0, 0.05) is 26.8 Å². The molecule has 0 fully saturated rings. The van der Waals surface area contributed by atoms with E-state index in [0.717, 1.165) is 12.8 Å². The first kappa shape index (κ1) is 16.6. The van der Waals surface area contributed by atoms with E-state index in [1.165, 1.54) is 6.20 Å². The zero-order valence-electron chi connectivity index (χ0n) is 12.1. The second kappa shape index (κ2) is 10.3. The zero-order valence-corrected chi connectivity index (χ0v) is 12.1. The maximum atomic E-state index is 13.5. The molecule has 0 aliphatic rings. The van der Waals surface area contributed by atoms with Gasteiger partial charge in [-0.05, 0) is 19.8 Å². The SMILES string of the molecule is CCNc1ncc(F)c(NCCCCOCCOC)n1. The van der Waals surface area contributed by atoms with Crippen LogP contribution in [0.3, 0.4) is 0 Å². The van der Waals surface area contributed by atoms with Crippen LogP contribution in [0.1, 0.15) is 19.8 Å². The molecule has 0 saturated carbocycles. The smallest absolute Gasteiger partial charge is 0.224 e. The van der Waals surface area contributed by atoms with E-state index < -0.39 is 5.82 Å². The third kappa shape index (κ3) is 6.63. The maximum Gasteiger partial charge on any atom is 0.224 e. The summed E-state index contributed by atoms with van der Waals surface area (Å²) in [6.07, 6.45) is 2.96. The number of hydrogen-bond acceptors (Lipinski definition) is 6. The van der Waals surface area contributed by atoms with Gasteiger partial charge in [-0.25, -0.2) is 9.37 Å². The quantitative estimate of drug-likeness (QED) is 0.606. The summed E-state index contributed by atoms with van der Waals surface area (Å²) in [4.78, 5) is 7.91. The van der Waals surface area contributed by atoms with Crippen LogP contribution in [0.15, 0.2) is 6.20 Å². The Bertz CT molecular complexity index is 379. The fourth-order valence-electron chi connectivity index (χ4n) is 1.51. The molecule has 0 aliphatic carbocycles. The minimum Gasteiger partial charge on any atom is -0.382 e. The summed E-state index contributed by atoms with van der Waals surface area (Å²) in [7, 11) is 1.64. The monoisotopic (exact) mass is 286 g/mol. The van der Waals surface area contributed by atoms with E-state index in [1.807, 2.05) is 6.92 Å². The van der Waals surface area contributed by atoms with Crippen LogP contribution in [0.4, 0.5) is 16.2 Å². The van der Waals surface area contributed by atoms with Crippen molar-refractivity contribution in [3.05, 3.63) is 12.0 Å². The predicted molar refractivity (Wildman–Crippen MR) is 76.6 cm³/mol. The van der Waals surface area contributed by atoms with E-state index in [2.05, 4.69) is 20.6 Å². The van der Waals surface area contributed by atoms with E-state index in [-0.39, 0.29) is 5.82 Å². The molecule has 0 spiro atoms. The average Bonchev–Trinajstić information content (AvgIpc) is 2.45. The highest BCUT2D eigenvalue weighted by Crippen LogP contribution is 2.11. The Morgan fingerprint density at radius 1 is 1.20 bits per heavy atom. The van der Waals surface area contributed by atoms with Gasteiger partial charge in [-0.2, -0.15) is 4.98 Å². The number of nitrogens with zero attached hydrogens (tertiary/aromatic N) is 2. The molecular weight excluding hydrogens is 263 g/mol. The Labute approximate surface area is 119 Å². The Balaban J connectivity index is 2.19. The third-order valence-corrected chi connectivity index (χ3v) is 2.52. The van der Waals surface area contributed by atoms with Gasteiger partial charge in [0.2, 0.25) is 5.95 Å². The number of aromatic nitrogens is 2. The first-order chi connectivity index (χ1) is 9.77. The Hall–Kier alpha value is -1.47. The van der Waals surface area contributed by atoms with Gasteiger partial charge < -0.3 is 20.1 Å². The van der Waals surface area contributed by atoms with Gasteiger partial charge >= 0.3 is 0 Å². The van der Waals surface area contributed by atoms with Gasteiger partial charge in [0.15, 0.2) is 11.6 Å². The number of anilines is 2. The van der Waals surface area contributed by atoms with Gasteiger partial charge in [-0.3, -0.25) is 0 Å². The highest BCUT2D eigenvalue weighted by Gasteiger charge is 2.05. The standard InChI is InChI=1S/C13H23FN4O2/c1-3-15-13-17-10-11(14)12(18-13)16-6-4-5-7-20-9-8-19-2/h10H,3-9H2,1-2H3,(H2,15,16,17,18). The number of ether oxygens (including phenoxy) is 2. The molecule has 7 heteroatoms. The van der Waals surface area contributed by atoms with E-state index in [9.17, 15) is 4.39 Å². The molecule has 114 valence electrons. The minimum absolute atomic E-state index is 0.233. The van der Waals surface area contributed by atoms with Crippen LogP contribution < -0.4 is 10.6 Å². The van der Waals surface area contributed by atoms with Crippen molar-refractivity contribution in [2.45, 2.75) is 19.8 Å². The van der Waals surface area contributed by atoms with Crippen molar-refractivity contribution in [1.29, 1.82) is 0 Å². The lowest BCUT2D eigenvalue weighted by atomic mass is 10.3. The minimum atomic E-state index is -0.442. The van der Waals surface area contributed by atoms with Crippen LogP contribution in [-0.2, 0) is 9.47 Å². The second-order valence-electron chi connectivity index (χ2n) is 4.16. The molecule has 0 atom stereocenters. The predicted octanol–water partition coefficient (Wildman–Crippen LogP) is 1.90. The summed E-state index contributed by atoms with van der Waals surface area (Å²) < 4.78 is 23.7. The Morgan fingerprint density at radius 2 is 2.05 bits per heavy atom. The van der Waals surface area contributed by atoms with E-state index in [1.54, 1.807) is 7.11 Å².